The van der Waals surface area contributed by atoms with Gasteiger partial charge >= 0.3 is 24.1 Å². The Kier molecular flexibility index (Phi) is 18.0. The van der Waals surface area contributed by atoms with Gasteiger partial charge in [0.05, 0.1) is 51.1 Å². The smallest absolute Gasteiger partial charge is 0.409 e. The van der Waals surface area contributed by atoms with E-state index < -0.39 is 106 Å². The lowest BCUT2D eigenvalue weighted by Gasteiger charge is -2.32. The van der Waals surface area contributed by atoms with Crippen LogP contribution in [-0.4, -0.2) is 209 Å². The Hall–Kier alpha value is -7.46. The zero-order chi connectivity index (χ0) is 57.6. The fraction of sp³-hybridized carbons (Fsp3) is 0.625. The van der Waals surface area contributed by atoms with Crippen molar-refractivity contribution in [3.8, 4) is 11.5 Å². The van der Waals surface area contributed by atoms with Gasteiger partial charge in [0, 0.05) is 63.5 Å². The van der Waals surface area contributed by atoms with Crippen molar-refractivity contribution in [3.05, 3.63) is 68.8 Å². The van der Waals surface area contributed by atoms with Gasteiger partial charge in [0.25, 0.3) is 21.7 Å². The maximum Gasteiger partial charge on any atom is 0.409 e. The van der Waals surface area contributed by atoms with Crippen LogP contribution in [0, 0.1) is 20.2 Å². The van der Waals surface area contributed by atoms with Crippen molar-refractivity contribution < 1.29 is 96.6 Å². The number of hydrogen-bond acceptors (Lipinski definition) is 28. The number of alkyl carbamates (subject to hydrolysis) is 2. The SMILES string of the molecule is CN1CNc2cccc(OCC(CNC(C)(C)CNC(=O)O[C@@]34OC[C@@H](O[N+](=O)[O-])[C@H]3OC[C@@H]4O)OC(=O)/C=C/C(=O)OC(CNC(C)(C)CNC(=O)O[C@@]34OC[C@@H](O[N+](=O)[O-])[C@H]3OC[C@@H]4O)COc3cccc4c3N(C)CN4)c21. The monoisotopic (exact) mass is 1130 g/mol. The molecule has 6 aliphatic heterocycles. The van der Waals surface area contributed by atoms with E-state index in [9.17, 15) is 49.6 Å². The van der Waals surface area contributed by atoms with Crippen molar-refractivity contribution in [2.75, 3.05) is 114 Å². The first-order valence-corrected chi connectivity index (χ1v) is 25.4. The molecular weight excluding hydrogens is 1070 g/mol. The Labute approximate surface area is 457 Å². The summed E-state index contributed by atoms with van der Waals surface area (Å²) in [5, 5.41) is 59.4. The first kappa shape index (κ1) is 58.7. The summed E-state index contributed by atoms with van der Waals surface area (Å²) in [6.07, 6.45) is -10.3. The van der Waals surface area contributed by atoms with Crippen LogP contribution in [-0.2, 0) is 57.2 Å². The Morgan fingerprint density at radius 3 is 1.49 bits per heavy atom. The van der Waals surface area contributed by atoms with E-state index in [-0.39, 0.29) is 65.8 Å². The zero-order valence-corrected chi connectivity index (χ0v) is 44.6. The van der Waals surface area contributed by atoms with Crippen LogP contribution in [0.1, 0.15) is 27.7 Å². The second kappa shape index (κ2) is 24.5. The van der Waals surface area contributed by atoms with Crippen LogP contribution in [0.2, 0.25) is 0 Å². The molecule has 2 amide bonds. The lowest BCUT2D eigenvalue weighted by molar-refractivity contribution is -0.769. The minimum Gasteiger partial charge on any atom is -0.487 e. The second-order valence-electron chi connectivity index (χ2n) is 20.8. The lowest BCUT2D eigenvalue weighted by atomic mass is 10.1. The molecule has 8 N–H and O–H groups in total. The van der Waals surface area contributed by atoms with E-state index >= 15 is 0 Å². The first-order chi connectivity index (χ1) is 38.0. The predicted molar refractivity (Wildman–Crippen MR) is 272 cm³/mol. The molecule has 0 radical (unpaired) electrons. The van der Waals surface area contributed by atoms with Crippen LogP contribution in [0.3, 0.4) is 0 Å². The fourth-order valence-corrected chi connectivity index (χ4v) is 9.57. The third kappa shape index (κ3) is 13.7. The Bertz CT molecular complexity index is 2460. The van der Waals surface area contributed by atoms with Crippen molar-refractivity contribution in [2.45, 2.75) is 99.2 Å². The quantitative estimate of drug-likeness (QED) is 0.0193. The molecule has 0 aromatic heterocycles. The molecule has 440 valence electrons. The third-order valence-corrected chi connectivity index (χ3v) is 13.7. The summed E-state index contributed by atoms with van der Waals surface area (Å²) in [5.74, 6) is -5.00. The van der Waals surface area contributed by atoms with Gasteiger partial charge in [0.1, 0.15) is 60.5 Å². The van der Waals surface area contributed by atoms with E-state index in [1.54, 1.807) is 52.0 Å². The van der Waals surface area contributed by atoms with E-state index in [0.717, 1.165) is 34.9 Å². The average Bonchev–Trinajstić information content (AvgIpc) is 4.26. The number of fused-ring (bicyclic) bond motifs is 4. The summed E-state index contributed by atoms with van der Waals surface area (Å²) in [7, 11) is 3.75. The molecule has 0 spiro atoms. The normalized spacial score (nSPS) is 26.1. The van der Waals surface area contributed by atoms with Crippen LogP contribution < -0.4 is 51.2 Å². The zero-order valence-electron chi connectivity index (χ0n) is 44.6. The highest BCUT2D eigenvalue weighted by Crippen LogP contribution is 2.43. The number of ether oxygens (including phenoxy) is 10. The maximum absolute atomic E-state index is 13.5. The number of benzene rings is 2. The van der Waals surface area contributed by atoms with Crippen molar-refractivity contribution in [1.29, 1.82) is 0 Å². The highest BCUT2D eigenvalue weighted by atomic mass is 17.0. The van der Waals surface area contributed by atoms with Gasteiger partial charge in [0.2, 0.25) is 0 Å². The van der Waals surface area contributed by atoms with Gasteiger partial charge in [-0.25, -0.2) is 19.2 Å². The number of carbonyl (C=O) groups is 4. The maximum atomic E-state index is 13.5. The molecule has 0 saturated carbocycles. The number of nitrogens with zero attached hydrogens (tertiary/aromatic N) is 4. The highest BCUT2D eigenvalue weighted by molar-refractivity contribution is 5.92. The molecule has 8 rings (SSSR count). The van der Waals surface area contributed by atoms with E-state index in [1.807, 2.05) is 36.0 Å². The minimum absolute atomic E-state index is 0.0509. The van der Waals surface area contributed by atoms with Gasteiger partial charge in [-0.2, -0.15) is 0 Å². The number of aliphatic hydroxyl groups is 2. The van der Waals surface area contributed by atoms with E-state index in [0.29, 0.717) is 24.8 Å². The molecule has 2 aromatic carbocycles. The van der Waals surface area contributed by atoms with Crippen molar-refractivity contribution >= 4 is 46.9 Å². The molecule has 4 saturated heterocycles. The van der Waals surface area contributed by atoms with Crippen LogP contribution in [0.15, 0.2) is 48.6 Å². The number of anilines is 4. The number of rotatable bonds is 26. The number of nitrogens with one attached hydrogen (secondary N) is 6. The molecule has 32 heteroatoms. The number of para-hydroxylation sites is 2. The molecule has 80 heavy (non-hydrogen) atoms. The van der Waals surface area contributed by atoms with Crippen LogP contribution in [0.4, 0.5) is 32.3 Å². The Balaban J connectivity index is 0.886. The lowest BCUT2D eigenvalue weighted by Crippen LogP contribution is -2.55. The number of esters is 2. The number of aliphatic hydroxyl groups excluding tert-OH is 2. The molecule has 2 unspecified atom stereocenters. The molecule has 10 atom stereocenters. The second-order valence-corrected chi connectivity index (χ2v) is 20.8. The summed E-state index contributed by atoms with van der Waals surface area (Å²) in [6, 6.07) is 10.9. The van der Waals surface area contributed by atoms with Crippen molar-refractivity contribution in [1.82, 2.24) is 21.3 Å². The molecular formula is C48H66N10O22. The van der Waals surface area contributed by atoms with E-state index in [2.05, 4.69) is 41.6 Å². The summed E-state index contributed by atoms with van der Waals surface area (Å²) < 4.78 is 57.0. The molecule has 32 nitrogen and oxygen atoms in total. The van der Waals surface area contributed by atoms with Crippen LogP contribution in [0.5, 0.6) is 11.5 Å². The summed E-state index contributed by atoms with van der Waals surface area (Å²) in [6.45, 7) is 5.87. The van der Waals surface area contributed by atoms with E-state index in [1.165, 1.54) is 0 Å². The summed E-state index contributed by atoms with van der Waals surface area (Å²) in [5.41, 5.74) is 1.35. The Morgan fingerprint density at radius 2 is 1.10 bits per heavy atom. The average molecular weight is 1140 g/mol. The number of hydrogen-bond donors (Lipinski definition) is 8. The van der Waals surface area contributed by atoms with Crippen molar-refractivity contribution in [2.24, 2.45) is 0 Å². The van der Waals surface area contributed by atoms with Crippen molar-refractivity contribution in [3.63, 3.8) is 0 Å². The largest absolute Gasteiger partial charge is 0.487 e. The molecule has 0 aliphatic carbocycles. The van der Waals surface area contributed by atoms with Crippen LogP contribution in [0.25, 0.3) is 0 Å². The van der Waals surface area contributed by atoms with Crippen LogP contribution >= 0.6 is 0 Å². The number of amides is 2. The summed E-state index contributed by atoms with van der Waals surface area (Å²) in [4.78, 5) is 88.5. The highest BCUT2D eigenvalue weighted by Gasteiger charge is 2.66. The first-order valence-electron chi connectivity index (χ1n) is 25.4. The van der Waals surface area contributed by atoms with Gasteiger partial charge in [-0.05, 0) is 52.0 Å². The molecule has 0 bridgehead atoms. The summed E-state index contributed by atoms with van der Waals surface area (Å²) >= 11 is 0. The molecule has 6 aliphatic rings. The van der Waals surface area contributed by atoms with Gasteiger partial charge < -0.3 is 109 Å². The predicted octanol–water partition coefficient (Wildman–Crippen LogP) is -0.522. The van der Waals surface area contributed by atoms with Gasteiger partial charge in [0.15, 0.2) is 24.4 Å². The fourth-order valence-electron chi connectivity index (χ4n) is 9.57. The number of carbonyl (C=O) groups excluding carboxylic acids is 4. The van der Waals surface area contributed by atoms with Gasteiger partial charge in [-0.15, -0.1) is 20.2 Å². The molecule has 2 aromatic rings. The molecule has 4 fully saturated rings. The van der Waals surface area contributed by atoms with Gasteiger partial charge in [-0.1, -0.05) is 12.1 Å². The third-order valence-electron chi connectivity index (χ3n) is 13.7. The van der Waals surface area contributed by atoms with E-state index in [4.69, 9.17) is 47.4 Å². The Morgan fingerprint density at radius 1 is 0.700 bits per heavy atom. The minimum atomic E-state index is -2.05. The topological polar surface area (TPSA) is 384 Å². The standard InChI is InChI=1S/C48H66N10O22/c1-45(2,23-49-43(63)77-47-35(59)21-71-41(47)33(19-73-47)79-57(65)66)53-15-27(17-69-31-11-7-9-29-39(31)55(5)25-51-29)75-37(61)13-14-38(62)76-28(18-70-32-12-8-10-30-40(32)56(6)26-52-30)16-54-46(3,4)24-50-44(64)78-48-36(60)22-72-42(48)34(20-74-48)80-58(67)68/h7-14,27-28,33-36,41-42,51-54,59-60H,15-26H2,1-6H3,(H,49,63)(H,50,64)/b14-13+/t27?,28?,33-,34-,35+,36+,41-,42-,47-,48-/m1/s1. The molecule has 6 heterocycles. The van der Waals surface area contributed by atoms with Gasteiger partial charge in [-0.3, -0.25) is 0 Å².